The summed E-state index contributed by atoms with van der Waals surface area (Å²) < 4.78 is 6.22. The van der Waals surface area contributed by atoms with Gasteiger partial charge in [-0.2, -0.15) is 0 Å². The van der Waals surface area contributed by atoms with Crippen LogP contribution >= 0.6 is 0 Å². The van der Waals surface area contributed by atoms with Crippen molar-refractivity contribution in [3.05, 3.63) is 42.0 Å². The quantitative estimate of drug-likeness (QED) is 0.586. The number of nitrogens with one attached hydrogen (secondary N) is 1. The maximum Gasteiger partial charge on any atom is 0.255 e. The first-order valence-electron chi connectivity index (χ1n) is 10.3. The van der Waals surface area contributed by atoms with Gasteiger partial charge in [0.1, 0.15) is 17.9 Å². The average Bonchev–Trinajstić information content (AvgIpc) is 3.02. The van der Waals surface area contributed by atoms with Crippen LogP contribution in [0.5, 0.6) is 5.75 Å². The number of carbonyl (C=O) groups is 3. The van der Waals surface area contributed by atoms with E-state index in [4.69, 9.17) is 4.74 Å². The van der Waals surface area contributed by atoms with E-state index in [2.05, 4.69) is 16.8 Å². The van der Waals surface area contributed by atoms with Crippen LogP contribution in [0.25, 0.3) is 0 Å². The van der Waals surface area contributed by atoms with Crippen LogP contribution in [-0.2, 0) is 16.1 Å². The van der Waals surface area contributed by atoms with Crippen molar-refractivity contribution < 1.29 is 19.1 Å². The van der Waals surface area contributed by atoms with Gasteiger partial charge in [0.05, 0.1) is 0 Å². The van der Waals surface area contributed by atoms with Crippen LogP contribution in [0, 0.1) is 0 Å². The highest BCUT2D eigenvalue weighted by atomic mass is 16.5. The second-order valence-corrected chi connectivity index (χ2v) is 7.98. The lowest BCUT2D eigenvalue weighted by molar-refractivity contribution is -0.136. The van der Waals surface area contributed by atoms with Crippen molar-refractivity contribution in [3.8, 4) is 5.75 Å². The van der Waals surface area contributed by atoms with E-state index in [1.165, 1.54) is 0 Å². The van der Waals surface area contributed by atoms with Crippen molar-refractivity contribution in [2.75, 3.05) is 19.6 Å². The first-order chi connectivity index (χ1) is 14.0. The molecule has 1 aromatic rings. The summed E-state index contributed by atoms with van der Waals surface area (Å²) in [6.45, 7) is 7.15. The second kappa shape index (κ2) is 8.37. The minimum atomic E-state index is -0.589. The van der Waals surface area contributed by atoms with Crippen molar-refractivity contribution in [2.45, 2.75) is 50.8 Å². The highest BCUT2D eigenvalue weighted by molar-refractivity contribution is 6.05. The van der Waals surface area contributed by atoms with Crippen LogP contribution in [0.2, 0.25) is 0 Å². The van der Waals surface area contributed by atoms with Crippen LogP contribution in [-0.4, -0.2) is 59.3 Å². The molecule has 3 aliphatic rings. The maximum absolute atomic E-state index is 12.8. The molecule has 0 aliphatic carbocycles. The zero-order chi connectivity index (χ0) is 20.4. The minimum Gasteiger partial charge on any atom is -0.489 e. The van der Waals surface area contributed by atoms with Crippen molar-refractivity contribution in [3.63, 3.8) is 0 Å². The summed E-state index contributed by atoms with van der Waals surface area (Å²) in [6.07, 6.45) is 5.80. The molecule has 0 bridgehead atoms. The average molecular weight is 397 g/mol. The summed E-state index contributed by atoms with van der Waals surface area (Å²) in [4.78, 5) is 40.3. The smallest absolute Gasteiger partial charge is 0.255 e. The van der Waals surface area contributed by atoms with Gasteiger partial charge in [-0.25, -0.2) is 0 Å². The Kier molecular flexibility index (Phi) is 5.67. The molecule has 1 aromatic carbocycles. The molecule has 0 radical (unpaired) electrons. The van der Waals surface area contributed by atoms with Gasteiger partial charge in [0.2, 0.25) is 11.8 Å². The third kappa shape index (κ3) is 4.19. The number of hydrogen-bond acceptors (Lipinski definition) is 5. The summed E-state index contributed by atoms with van der Waals surface area (Å²) in [5.74, 6) is -0.0621. The first kappa shape index (κ1) is 19.6. The van der Waals surface area contributed by atoms with Gasteiger partial charge in [-0.3, -0.25) is 24.6 Å². The van der Waals surface area contributed by atoms with E-state index in [-0.39, 0.29) is 30.2 Å². The molecule has 7 nitrogen and oxygen atoms in total. The molecular formula is C22H27N3O4. The van der Waals surface area contributed by atoms with Gasteiger partial charge in [0.25, 0.3) is 5.91 Å². The van der Waals surface area contributed by atoms with Crippen molar-refractivity contribution in [1.82, 2.24) is 15.1 Å². The summed E-state index contributed by atoms with van der Waals surface area (Å²) in [7, 11) is 0. The number of amides is 3. The number of imide groups is 1. The fourth-order valence-electron chi connectivity index (χ4n) is 4.40. The van der Waals surface area contributed by atoms with E-state index in [9.17, 15) is 14.4 Å². The summed E-state index contributed by atoms with van der Waals surface area (Å²) >= 11 is 0. The van der Waals surface area contributed by atoms with E-state index < -0.39 is 6.04 Å². The molecule has 154 valence electrons. The molecule has 7 heteroatoms. The van der Waals surface area contributed by atoms with Gasteiger partial charge in [-0.1, -0.05) is 6.08 Å². The predicted molar refractivity (Wildman–Crippen MR) is 107 cm³/mol. The number of carbonyl (C=O) groups excluding carboxylic acids is 3. The Hall–Kier alpha value is -2.67. The highest BCUT2D eigenvalue weighted by Gasteiger charge is 2.39. The predicted octanol–water partition coefficient (Wildman–Crippen LogP) is 1.87. The minimum absolute atomic E-state index is 0.134. The first-order valence-corrected chi connectivity index (χ1v) is 10.3. The lowest BCUT2D eigenvalue weighted by atomic mass is 10.0. The number of ether oxygens (including phenoxy) is 1. The van der Waals surface area contributed by atoms with E-state index in [0.717, 1.165) is 50.2 Å². The van der Waals surface area contributed by atoms with Gasteiger partial charge >= 0.3 is 0 Å². The lowest BCUT2D eigenvalue weighted by Crippen LogP contribution is -2.52. The van der Waals surface area contributed by atoms with E-state index in [1.807, 2.05) is 18.2 Å². The molecule has 3 amide bonds. The number of likely N-dealkylation sites (tertiary alicyclic amines) is 1. The van der Waals surface area contributed by atoms with Crippen LogP contribution in [0.3, 0.4) is 0 Å². The SMILES string of the molecule is C=CCCN1CCCC(Oc2ccc3c(c2)CN(C2CCC(=O)NC2=O)C3=O)C1. The number of piperidine rings is 2. The molecular weight excluding hydrogens is 370 g/mol. The van der Waals surface area contributed by atoms with Crippen molar-refractivity contribution in [2.24, 2.45) is 0 Å². The molecule has 3 aliphatic heterocycles. The maximum atomic E-state index is 12.8. The molecule has 0 spiro atoms. The van der Waals surface area contributed by atoms with E-state index in [1.54, 1.807) is 11.0 Å². The zero-order valence-corrected chi connectivity index (χ0v) is 16.6. The van der Waals surface area contributed by atoms with Crippen LogP contribution in [0.4, 0.5) is 0 Å². The van der Waals surface area contributed by atoms with Crippen LogP contribution in [0.1, 0.15) is 48.0 Å². The summed E-state index contributed by atoms with van der Waals surface area (Å²) in [5, 5.41) is 2.33. The molecule has 2 fully saturated rings. The second-order valence-electron chi connectivity index (χ2n) is 7.98. The molecule has 0 aromatic heterocycles. The van der Waals surface area contributed by atoms with Gasteiger partial charge in [0, 0.05) is 31.6 Å². The molecule has 2 saturated heterocycles. The Morgan fingerprint density at radius 2 is 2.10 bits per heavy atom. The molecule has 3 heterocycles. The molecule has 2 unspecified atom stereocenters. The van der Waals surface area contributed by atoms with Gasteiger partial charge < -0.3 is 9.64 Å². The normalized spacial score (nSPS) is 25.0. The van der Waals surface area contributed by atoms with Crippen molar-refractivity contribution >= 4 is 17.7 Å². The fourth-order valence-corrected chi connectivity index (χ4v) is 4.40. The number of rotatable bonds is 6. The van der Waals surface area contributed by atoms with E-state index in [0.29, 0.717) is 18.5 Å². The third-order valence-corrected chi connectivity index (χ3v) is 5.91. The third-order valence-electron chi connectivity index (χ3n) is 5.91. The monoisotopic (exact) mass is 397 g/mol. The van der Waals surface area contributed by atoms with Crippen LogP contribution < -0.4 is 10.1 Å². The topological polar surface area (TPSA) is 79.0 Å². The molecule has 4 rings (SSSR count). The Balaban J connectivity index is 1.41. The Labute approximate surface area is 170 Å². The molecule has 2 atom stereocenters. The summed E-state index contributed by atoms with van der Waals surface area (Å²) in [6, 6.07) is 4.96. The van der Waals surface area contributed by atoms with E-state index >= 15 is 0 Å². The Morgan fingerprint density at radius 3 is 2.90 bits per heavy atom. The van der Waals surface area contributed by atoms with Gasteiger partial charge in [0.15, 0.2) is 0 Å². The van der Waals surface area contributed by atoms with Gasteiger partial charge in [-0.15, -0.1) is 6.58 Å². The fraction of sp³-hybridized carbons (Fsp3) is 0.500. The number of nitrogens with zero attached hydrogens (tertiary/aromatic N) is 2. The van der Waals surface area contributed by atoms with Gasteiger partial charge in [-0.05, 0) is 56.0 Å². The standard InChI is InChI=1S/C22H27N3O4/c1-2-3-10-24-11-4-5-17(14-24)29-16-6-7-18-15(12-16)13-25(22(18)28)19-8-9-20(26)23-21(19)27/h2,6-7,12,17,19H,1,3-5,8-11,13-14H2,(H,23,26,27). The number of fused-ring (bicyclic) bond motifs is 1. The number of benzene rings is 1. The lowest BCUT2D eigenvalue weighted by Gasteiger charge is -2.32. The molecule has 0 saturated carbocycles. The highest BCUT2D eigenvalue weighted by Crippen LogP contribution is 2.31. The largest absolute Gasteiger partial charge is 0.489 e. The molecule has 1 N–H and O–H groups in total. The molecule has 29 heavy (non-hydrogen) atoms. The zero-order valence-electron chi connectivity index (χ0n) is 16.6. The van der Waals surface area contributed by atoms with Crippen molar-refractivity contribution in [1.29, 1.82) is 0 Å². The van der Waals surface area contributed by atoms with Crippen LogP contribution in [0.15, 0.2) is 30.9 Å². The Bertz CT molecular complexity index is 837. The number of hydrogen-bond donors (Lipinski definition) is 1. The Morgan fingerprint density at radius 1 is 1.24 bits per heavy atom. The summed E-state index contributed by atoms with van der Waals surface area (Å²) in [5.41, 5.74) is 1.48.